The molecule has 2 aromatic rings. The molecule has 0 bridgehead atoms. The van der Waals surface area contributed by atoms with E-state index in [-0.39, 0.29) is 0 Å². The lowest BCUT2D eigenvalue weighted by Gasteiger charge is -2.08. The van der Waals surface area contributed by atoms with Crippen molar-refractivity contribution >= 4 is 0 Å². The second-order valence-electron chi connectivity index (χ2n) is 4.25. The Bertz CT molecular complexity index is 608. The summed E-state index contributed by atoms with van der Waals surface area (Å²) in [7, 11) is 0. The zero-order chi connectivity index (χ0) is 13.5. The molecule has 0 amide bonds. The normalized spacial score (nSPS) is 9.58. The molecule has 19 heavy (non-hydrogen) atoms. The minimum Gasteiger partial charge on any atom is -0.489 e. The van der Waals surface area contributed by atoms with Crippen LogP contribution >= 0.6 is 0 Å². The molecule has 0 radical (unpaired) electrons. The fourth-order valence-corrected chi connectivity index (χ4v) is 1.75. The molecule has 2 heteroatoms. The summed E-state index contributed by atoms with van der Waals surface area (Å²) in [5.41, 5.74) is 8.72. The Morgan fingerprint density at radius 1 is 1.11 bits per heavy atom. The molecular weight excluding hydrogens is 234 g/mol. The van der Waals surface area contributed by atoms with Gasteiger partial charge in [-0.25, -0.2) is 0 Å². The largest absolute Gasteiger partial charge is 0.489 e. The van der Waals surface area contributed by atoms with E-state index in [1.807, 2.05) is 36.4 Å². The van der Waals surface area contributed by atoms with Crippen molar-refractivity contribution in [1.82, 2.24) is 0 Å². The zero-order valence-corrected chi connectivity index (χ0v) is 11.0. The molecule has 0 spiro atoms. The van der Waals surface area contributed by atoms with Crippen LogP contribution in [0.1, 0.15) is 16.7 Å². The third-order valence-electron chi connectivity index (χ3n) is 2.82. The van der Waals surface area contributed by atoms with Crippen molar-refractivity contribution < 1.29 is 4.74 Å². The van der Waals surface area contributed by atoms with Gasteiger partial charge in [0.15, 0.2) is 0 Å². The first-order valence-corrected chi connectivity index (χ1v) is 6.26. The number of hydrogen-bond acceptors (Lipinski definition) is 2. The Morgan fingerprint density at radius 2 is 1.95 bits per heavy atom. The van der Waals surface area contributed by atoms with E-state index in [1.54, 1.807) is 0 Å². The summed E-state index contributed by atoms with van der Waals surface area (Å²) in [6.07, 6.45) is 0. The number of aryl methyl sites for hydroxylation is 1. The van der Waals surface area contributed by atoms with Crippen LogP contribution in [0.3, 0.4) is 0 Å². The third-order valence-corrected chi connectivity index (χ3v) is 2.82. The van der Waals surface area contributed by atoms with Crippen molar-refractivity contribution in [3.63, 3.8) is 0 Å². The van der Waals surface area contributed by atoms with Crippen LogP contribution in [0.5, 0.6) is 5.75 Å². The standard InChI is InChI=1S/C17H17NO/c1-14-6-2-3-9-16(14)13-19-17-10-4-7-15(12-17)8-5-11-18/h2-4,6-7,9-10,12H,11,13,18H2,1H3. The maximum absolute atomic E-state index is 5.79. The SMILES string of the molecule is Cc1ccccc1COc1cccc(C#CCN)c1. The van der Waals surface area contributed by atoms with Gasteiger partial charge in [-0.05, 0) is 36.2 Å². The smallest absolute Gasteiger partial charge is 0.121 e. The summed E-state index contributed by atoms with van der Waals surface area (Å²) in [6.45, 7) is 3.02. The van der Waals surface area contributed by atoms with Crippen molar-refractivity contribution in [2.75, 3.05) is 6.54 Å². The predicted molar refractivity (Wildman–Crippen MR) is 77.9 cm³/mol. The van der Waals surface area contributed by atoms with Gasteiger partial charge in [-0.15, -0.1) is 0 Å². The molecule has 0 aromatic heterocycles. The molecule has 0 unspecified atom stereocenters. The Labute approximate surface area is 114 Å². The molecule has 0 atom stereocenters. The Morgan fingerprint density at radius 3 is 2.74 bits per heavy atom. The third kappa shape index (κ3) is 3.87. The van der Waals surface area contributed by atoms with E-state index in [2.05, 4.69) is 30.9 Å². The highest BCUT2D eigenvalue weighted by Gasteiger charge is 1.99. The monoisotopic (exact) mass is 251 g/mol. The molecular formula is C17H17NO. The summed E-state index contributed by atoms with van der Waals surface area (Å²) in [5.74, 6) is 6.66. The van der Waals surface area contributed by atoms with Crippen LogP contribution in [0, 0.1) is 18.8 Å². The van der Waals surface area contributed by atoms with Gasteiger partial charge < -0.3 is 10.5 Å². The van der Waals surface area contributed by atoms with Crippen LogP contribution in [-0.4, -0.2) is 6.54 Å². The van der Waals surface area contributed by atoms with Gasteiger partial charge in [0.2, 0.25) is 0 Å². The van der Waals surface area contributed by atoms with E-state index < -0.39 is 0 Å². The van der Waals surface area contributed by atoms with E-state index >= 15 is 0 Å². The molecule has 2 nitrogen and oxygen atoms in total. The first-order chi connectivity index (χ1) is 9.29. The zero-order valence-electron chi connectivity index (χ0n) is 11.0. The number of benzene rings is 2. The van der Waals surface area contributed by atoms with Crippen LogP contribution in [0.4, 0.5) is 0 Å². The van der Waals surface area contributed by atoms with Crippen molar-refractivity contribution in [2.45, 2.75) is 13.5 Å². The molecule has 0 fully saturated rings. The van der Waals surface area contributed by atoms with Gasteiger partial charge in [0.25, 0.3) is 0 Å². The van der Waals surface area contributed by atoms with E-state index in [9.17, 15) is 0 Å². The summed E-state index contributed by atoms with van der Waals surface area (Å²) < 4.78 is 5.79. The number of hydrogen-bond donors (Lipinski definition) is 1. The second-order valence-corrected chi connectivity index (χ2v) is 4.25. The van der Waals surface area contributed by atoms with Crippen LogP contribution in [-0.2, 0) is 6.61 Å². The van der Waals surface area contributed by atoms with E-state index in [0.717, 1.165) is 11.3 Å². The quantitative estimate of drug-likeness (QED) is 0.851. The summed E-state index contributed by atoms with van der Waals surface area (Å²) in [6, 6.07) is 16.0. The Kier molecular flexibility index (Phi) is 4.60. The van der Waals surface area contributed by atoms with Crippen LogP contribution < -0.4 is 10.5 Å². The van der Waals surface area contributed by atoms with Crippen LogP contribution in [0.25, 0.3) is 0 Å². The number of rotatable bonds is 3. The van der Waals surface area contributed by atoms with Crippen molar-refractivity contribution in [1.29, 1.82) is 0 Å². The van der Waals surface area contributed by atoms with Crippen LogP contribution in [0.2, 0.25) is 0 Å². The van der Waals surface area contributed by atoms with Gasteiger partial charge >= 0.3 is 0 Å². The minimum atomic E-state index is 0.369. The molecule has 96 valence electrons. The highest BCUT2D eigenvalue weighted by molar-refractivity contribution is 5.40. The van der Waals surface area contributed by atoms with Crippen LogP contribution in [0.15, 0.2) is 48.5 Å². The second kappa shape index (κ2) is 6.63. The first-order valence-electron chi connectivity index (χ1n) is 6.26. The van der Waals surface area contributed by atoms with Gasteiger partial charge in [0.1, 0.15) is 12.4 Å². The average molecular weight is 251 g/mol. The highest BCUT2D eigenvalue weighted by Crippen LogP contribution is 2.16. The average Bonchev–Trinajstić information content (AvgIpc) is 2.45. The topological polar surface area (TPSA) is 35.2 Å². The van der Waals surface area contributed by atoms with Gasteiger partial charge in [-0.3, -0.25) is 0 Å². The number of ether oxygens (including phenoxy) is 1. The van der Waals surface area contributed by atoms with Crippen molar-refractivity contribution in [3.05, 3.63) is 65.2 Å². The Balaban J connectivity index is 2.06. The molecule has 0 aliphatic heterocycles. The fourth-order valence-electron chi connectivity index (χ4n) is 1.75. The molecule has 0 heterocycles. The molecule has 2 aromatic carbocycles. The summed E-state index contributed by atoms with van der Waals surface area (Å²) in [4.78, 5) is 0. The van der Waals surface area contributed by atoms with Crippen molar-refractivity contribution in [3.8, 4) is 17.6 Å². The Hall–Kier alpha value is -2.24. The lowest BCUT2D eigenvalue weighted by atomic mass is 10.1. The lowest BCUT2D eigenvalue weighted by Crippen LogP contribution is -1.97. The molecule has 0 aliphatic carbocycles. The predicted octanol–water partition coefficient (Wildman–Crippen LogP) is 2.88. The maximum Gasteiger partial charge on any atom is 0.121 e. The van der Waals surface area contributed by atoms with Gasteiger partial charge in [0, 0.05) is 5.56 Å². The van der Waals surface area contributed by atoms with E-state index in [4.69, 9.17) is 10.5 Å². The molecule has 2 rings (SSSR count). The highest BCUT2D eigenvalue weighted by atomic mass is 16.5. The maximum atomic E-state index is 5.79. The summed E-state index contributed by atoms with van der Waals surface area (Å²) >= 11 is 0. The van der Waals surface area contributed by atoms with E-state index in [0.29, 0.717) is 13.2 Å². The molecule has 0 saturated heterocycles. The minimum absolute atomic E-state index is 0.369. The van der Waals surface area contributed by atoms with E-state index in [1.165, 1.54) is 11.1 Å². The van der Waals surface area contributed by atoms with Gasteiger partial charge in [0.05, 0.1) is 6.54 Å². The first kappa shape index (κ1) is 13.2. The molecule has 0 aliphatic rings. The van der Waals surface area contributed by atoms with Crippen molar-refractivity contribution in [2.24, 2.45) is 5.73 Å². The fraction of sp³-hybridized carbons (Fsp3) is 0.176. The number of nitrogens with two attached hydrogens (primary N) is 1. The van der Waals surface area contributed by atoms with Gasteiger partial charge in [-0.2, -0.15) is 0 Å². The lowest BCUT2D eigenvalue weighted by molar-refractivity contribution is 0.305. The van der Waals surface area contributed by atoms with Gasteiger partial charge in [-0.1, -0.05) is 42.2 Å². The molecule has 0 saturated carbocycles. The summed E-state index contributed by atoms with van der Waals surface area (Å²) in [5, 5.41) is 0. The molecule has 2 N–H and O–H groups in total.